The molecule has 1 aliphatic rings. The van der Waals surface area contributed by atoms with Crippen molar-refractivity contribution >= 4 is 17.1 Å². The summed E-state index contributed by atoms with van der Waals surface area (Å²) in [6, 6.07) is 0. The predicted octanol–water partition coefficient (Wildman–Crippen LogP) is 0.967. The summed E-state index contributed by atoms with van der Waals surface area (Å²) in [6.45, 7) is 5.88. The molecule has 12 heteroatoms. The Morgan fingerprint density at radius 1 is 1.35 bits per heavy atom. The first kappa shape index (κ1) is 19.2. The Morgan fingerprint density at radius 2 is 2.23 bits per heavy atom. The number of H-pyrrole nitrogens is 1. The number of nitrogens with one attached hydrogen (secondary N) is 1. The van der Waals surface area contributed by atoms with Crippen LogP contribution < -0.4 is 4.74 Å². The van der Waals surface area contributed by atoms with Crippen LogP contribution in [0, 0.1) is 6.92 Å². The average molecular weight is 422 g/mol. The van der Waals surface area contributed by atoms with Gasteiger partial charge < -0.3 is 14.2 Å². The van der Waals surface area contributed by atoms with Crippen LogP contribution in [0.5, 0.6) is 5.88 Å². The van der Waals surface area contributed by atoms with E-state index in [-0.39, 0.29) is 12.0 Å². The molecule has 0 bridgehead atoms. The van der Waals surface area contributed by atoms with Crippen molar-refractivity contribution in [1.82, 2.24) is 49.6 Å². The lowest BCUT2D eigenvalue weighted by atomic mass is 10.2. The number of fused-ring (bicyclic) bond motifs is 1. The molecule has 160 valence electrons. The maximum atomic E-state index is 12.5. The van der Waals surface area contributed by atoms with Gasteiger partial charge in [0, 0.05) is 32.3 Å². The standard InChI is InChI=1S/C19H22N10O2/c1-4-29-11(2)13(7-23-29)16-24-15-17(27(16)3)20-10-21-18(15)31-12-5-6-28(9-12)19(30)14-8-22-26-25-14/h7-8,10,12H,4-6,9H2,1-3H3,(H,22,25,26). The molecule has 1 unspecified atom stereocenters. The molecule has 0 aliphatic carbocycles. The number of imidazole rings is 1. The highest BCUT2D eigenvalue weighted by atomic mass is 16.5. The van der Waals surface area contributed by atoms with Crippen LogP contribution in [-0.2, 0) is 13.6 Å². The highest BCUT2D eigenvalue weighted by Gasteiger charge is 2.30. The van der Waals surface area contributed by atoms with Crippen molar-refractivity contribution in [2.45, 2.75) is 32.9 Å². The van der Waals surface area contributed by atoms with Crippen molar-refractivity contribution in [1.29, 1.82) is 0 Å². The number of amides is 1. The maximum Gasteiger partial charge on any atom is 0.276 e. The van der Waals surface area contributed by atoms with E-state index in [1.807, 2.05) is 36.3 Å². The number of carbonyl (C=O) groups is 1. The molecule has 1 amide bonds. The SMILES string of the molecule is CCn1ncc(-c2nc3c(OC4CCN(C(=O)c5c[nH]nn5)C4)ncnc3n2C)c1C. The number of hydrogen-bond donors (Lipinski definition) is 1. The second kappa shape index (κ2) is 7.45. The van der Waals surface area contributed by atoms with E-state index in [1.54, 1.807) is 4.90 Å². The fourth-order valence-corrected chi connectivity index (χ4v) is 3.93. The van der Waals surface area contributed by atoms with Crippen molar-refractivity contribution in [3.05, 3.63) is 30.1 Å². The van der Waals surface area contributed by atoms with Gasteiger partial charge in [0.25, 0.3) is 5.91 Å². The van der Waals surface area contributed by atoms with Gasteiger partial charge in [-0.1, -0.05) is 5.21 Å². The van der Waals surface area contributed by atoms with E-state index >= 15 is 0 Å². The molecule has 5 heterocycles. The number of likely N-dealkylation sites (tertiary alicyclic amines) is 1. The average Bonchev–Trinajstić information content (AvgIpc) is 3.56. The molecule has 1 saturated heterocycles. The third-order valence-corrected chi connectivity index (χ3v) is 5.61. The van der Waals surface area contributed by atoms with Crippen LogP contribution in [0.25, 0.3) is 22.6 Å². The van der Waals surface area contributed by atoms with E-state index in [0.29, 0.717) is 42.2 Å². The van der Waals surface area contributed by atoms with Gasteiger partial charge >= 0.3 is 0 Å². The Kier molecular flexibility index (Phi) is 4.60. The molecule has 0 radical (unpaired) electrons. The van der Waals surface area contributed by atoms with Gasteiger partial charge in [-0.3, -0.25) is 14.6 Å². The summed E-state index contributed by atoms with van der Waals surface area (Å²) in [4.78, 5) is 27.7. The van der Waals surface area contributed by atoms with Crippen LogP contribution >= 0.6 is 0 Å². The fourth-order valence-electron chi connectivity index (χ4n) is 3.93. The summed E-state index contributed by atoms with van der Waals surface area (Å²) in [7, 11) is 1.91. The first-order valence-electron chi connectivity index (χ1n) is 10.1. The van der Waals surface area contributed by atoms with Crippen LogP contribution in [0.3, 0.4) is 0 Å². The first-order valence-corrected chi connectivity index (χ1v) is 10.1. The monoisotopic (exact) mass is 422 g/mol. The van der Waals surface area contributed by atoms with Gasteiger partial charge in [0.1, 0.15) is 18.3 Å². The molecule has 1 N–H and O–H groups in total. The van der Waals surface area contributed by atoms with Crippen molar-refractivity contribution < 1.29 is 9.53 Å². The molecule has 1 fully saturated rings. The third-order valence-electron chi connectivity index (χ3n) is 5.61. The number of hydrogen-bond acceptors (Lipinski definition) is 8. The molecule has 5 rings (SSSR count). The van der Waals surface area contributed by atoms with Gasteiger partial charge in [-0.15, -0.1) is 5.10 Å². The zero-order chi connectivity index (χ0) is 21.5. The molecule has 0 saturated carbocycles. The number of nitrogens with zero attached hydrogens (tertiary/aromatic N) is 9. The summed E-state index contributed by atoms with van der Waals surface area (Å²) in [5.74, 6) is 0.996. The van der Waals surface area contributed by atoms with Gasteiger partial charge in [0.2, 0.25) is 5.88 Å². The van der Waals surface area contributed by atoms with Crippen LogP contribution in [-0.4, -0.2) is 74.7 Å². The van der Waals surface area contributed by atoms with Crippen molar-refractivity contribution in [2.24, 2.45) is 7.05 Å². The molecular formula is C19H22N10O2. The van der Waals surface area contributed by atoms with E-state index < -0.39 is 0 Å². The maximum absolute atomic E-state index is 12.5. The van der Waals surface area contributed by atoms with Crippen LogP contribution in [0.1, 0.15) is 29.5 Å². The van der Waals surface area contributed by atoms with Crippen LogP contribution in [0.15, 0.2) is 18.7 Å². The topological polar surface area (TPSA) is 133 Å². The Bertz CT molecular complexity index is 1240. The Labute approximate surface area is 177 Å². The largest absolute Gasteiger partial charge is 0.471 e. The molecule has 4 aromatic heterocycles. The highest BCUT2D eigenvalue weighted by Crippen LogP contribution is 2.30. The third kappa shape index (κ3) is 3.20. The molecule has 1 atom stereocenters. The number of ether oxygens (including phenoxy) is 1. The van der Waals surface area contributed by atoms with E-state index in [0.717, 1.165) is 23.6 Å². The number of aryl methyl sites for hydroxylation is 2. The van der Waals surface area contributed by atoms with E-state index in [4.69, 9.17) is 9.72 Å². The molecule has 31 heavy (non-hydrogen) atoms. The molecular weight excluding hydrogens is 400 g/mol. The Morgan fingerprint density at radius 3 is 2.97 bits per heavy atom. The minimum absolute atomic E-state index is 0.170. The predicted molar refractivity (Wildman–Crippen MR) is 109 cm³/mol. The summed E-state index contributed by atoms with van der Waals surface area (Å²) in [5, 5.41) is 14.4. The quantitative estimate of drug-likeness (QED) is 0.503. The number of aromatic amines is 1. The van der Waals surface area contributed by atoms with Crippen molar-refractivity contribution in [3.63, 3.8) is 0 Å². The van der Waals surface area contributed by atoms with E-state index in [2.05, 4.69) is 30.5 Å². The lowest BCUT2D eigenvalue weighted by molar-refractivity contribution is 0.0765. The number of carbonyl (C=O) groups excluding carboxylic acids is 1. The molecule has 1 aliphatic heterocycles. The zero-order valence-electron chi connectivity index (χ0n) is 17.5. The van der Waals surface area contributed by atoms with Crippen molar-refractivity contribution in [3.8, 4) is 17.3 Å². The molecule has 12 nitrogen and oxygen atoms in total. The summed E-state index contributed by atoms with van der Waals surface area (Å²) in [6.07, 6.45) is 5.28. The lowest BCUT2D eigenvalue weighted by Crippen LogP contribution is -2.31. The Balaban J connectivity index is 1.41. The molecule has 4 aromatic rings. The minimum atomic E-state index is -0.191. The lowest BCUT2D eigenvalue weighted by Gasteiger charge is -2.15. The molecule has 0 spiro atoms. The van der Waals surface area contributed by atoms with Gasteiger partial charge in [-0.05, 0) is 13.8 Å². The zero-order valence-corrected chi connectivity index (χ0v) is 17.5. The van der Waals surface area contributed by atoms with Gasteiger partial charge in [-0.2, -0.15) is 10.1 Å². The second-order valence-corrected chi connectivity index (χ2v) is 7.44. The van der Waals surface area contributed by atoms with Crippen LogP contribution in [0.2, 0.25) is 0 Å². The summed E-state index contributed by atoms with van der Waals surface area (Å²) >= 11 is 0. The Hall–Kier alpha value is -3.83. The highest BCUT2D eigenvalue weighted by molar-refractivity contribution is 5.92. The van der Waals surface area contributed by atoms with E-state index in [9.17, 15) is 4.79 Å². The smallest absolute Gasteiger partial charge is 0.276 e. The second-order valence-electron chi connectivity index (χ2n) is 7.44. The summed E-state index contributed by atoms with van der Waals surface area (Å²) < 4.78 is 10.0. The normalized spacial score (nSPS) is 16.4. The van der Waals surface area contributed by atoms with Gasteiger partial charge in [0.15, 0.2) is 16.9 Å². The summed E-state index contributed by atoms with van der Waals surface area (Å²) in [5.41, 5.74) is 3.54. The van der Waals surface area contributed by atoms with Crippen molar-refractivity contribution in [2.75, 3.05) is 13.1 Å². The van der Waals surface area contributed by atoms with Crippen LogP contribution in [0.4, 0.5) is 0 Å². The fraction of sp³-hybridized carbons (Fsp3) is 0.421. The first-order chi connectivity index (χ1) is 15.1. The van der Waals surface area contributed by atoms with E-state index in [1.165, 1.54) is 12.5 Å². The van der Waals surface area contributed by atoms with Gasteiger partial charge in [0.05, 0.1) is 24.5 Å². The molecule has 0 aromatic carbocycles. The number of rotatable bonds is 5. The number of aromatic nitrogens is 9. The van der Waals surface area contributed by atoms with Gasteiger partial charge in [-0.25, -0.2) is 9.97 Å². The minimum Gasteiger partial charge on any atom is -0.471 e.